The molecule has 0 aromatic carbocycles. The quantitative estimate of drug-likeness (QED) is 0.759. The van der Waals surface area contributed by atoms with Crippen molar-refractivity contribution in [2.24, 2.45) is 0 Å². The van der Waals surface area contributed by atoms with Crippen LogP contribution in [0, 0.1) is 0 Å². The fraction of sp³-hybridized carbons (Fsp3) is 1.00. The normalized spacial score (nSPS) is 33.0. The Morgan fingerprint density at radius 2 is 1.80 bits per heavy atom. The number of nitrogens with one attached hydrogen (secondary N) is 1. The monoisotopic (exact) mass is 212 g/mol. The average molecular weight is 212 g/mol. The van der Waals surface area contributed by atoms with Crippen molar-refractivity contribution in [3.05, 3.63) is 0 Å². The number of rotatable bonds is 4. The minimum absolute atomic E-state index is 0.527. The SMILES string of the molecule is CCN(C1CCC(OC)CC1)C1CNC1. The van der Waals surface area contributed by atoms with Gasteiger partial charge in [0.1, 0.15) is 0 Å². The van der Waals surface area contributed by atoms with Gasteiger partial charge >= 0.3 is 0 Å². The molecule has 1 aliphatic heterocycles. The van der Waals surface area contributed by atoms with E-state index in [1.165, 1.54) is 45.3 Å². The molecule has 0 radical (unpaired) electrons. The smallest absolute Gasteiger partial charge is 0.0572 e. The van der Waals surface area contributed by atoms with Crippen LogP contribution in [0.2, 0.25) is 0 Å². The van der Waals surface area contributed by atoms with Gasteiger partial charge in [0.05, 0.1) is 6.10 Å². The zero-order valence-electron chi connectivity index (χ0n) is 10.0. The van der Waals surface area contributed by atoms with Crippen LogP contribution in [0.3, 0.4) is 0 Å². The van der Waals surface area contributed by atoms with E-state index in [-0.39, 0.29) is 0 Å². The van der Waals surface area contributed by atoms with Gasteiger partial charge in [-0.3, -0.25) is 4.90 Å². The molecular formula is C12H24N2O. The molecule has 3 heteroatoms. The van der Waals surface area contributed by atoms with E-state index in [1.807, 2.05) is 7.11 Å². The molecule has 1 saturated carbocycles. The van der Waals surface area contributed by atoms with Crippen molar-refractivity contribution in [2.75, 3.05) is 26.7 Å². The summed E-state index contributed by atoms with van der Waals surface area (Å²) in [5.74, 6) is 0. The van der Waals surface area contributed by atoms with E-state index in [1.54, 1.807) is 0 Å². The highest BCUT2D eigenvalue weighted by molar-refractivity contribution is 4.90. The molecule has 15 heavy (non-hydrogen) atoms. The van der Waals surface area contributed by atoms with Crippen LogP contribution in [0.15, 0.2) is 0 Å². The summed E-state index contributed by atoms with van der Waals surface area (Å²) < 4.78 is 5.42. The molecule has 0 spiro atoms. The van der Waals surface area contributed by atoms with Crippen molar-refractivity contribution in [3.8, 4) is 0 Å². The standard InChI is InChI=1S/C12H24N2O/c1-3-14(11-8-13-9-11)10-4-6-12(15-2)7-5-10/h10-13H,3-9H2,1-2H3. The number of hydrogen-bond acceptors (Lipinski definition) is 3. The molecule has 0 aromatic rings. The first-order chi connectivity index (χ1) is 7.35. The van der Waals surface area contributed by atoms with Gasteiger partial charge in [0.25, 0.3) is 0 Å². The van der Waals surface area contributed by atoms with E-state index in [2.05, 4.69) is 17.1 Å². The predicted molar refractivity (Wildman–Crippen MR) is 62.1 cm³/mol. The van der Waals surface area contributed by atoms with Gasteiger partial charge in [-0.15, -0.1) is 0 Å². The topological polar surface area (TPSA) is 24.5 Å². The van der Waals surface area contributed by atoms with E-state index in [4.69, 9.17) is 4.74 Å². The molecule has 3 nitrogen and oxygen atoms in total. The Labute approximate surface area is 93.2 Å². The first-order valence-corrected chi connectivity index (χ1v) is 6.34. The third-order valence-electron chi connectivity index (χ3n) is 4.04. The average Bonchev–Trinajstić information content (AvgIpc) is 2.23. The second-order valence-electron chi connectivity index (χ2n) is 4.81. The highest BCUT2D eigenvalue weighted by Gasteiger charge is 2.31. The van der Waals surface area contributed by atoms with Gasteiger partial charge < -0.3 is 10.1 Å². The van der Waals surface area contributed by atoms with E-state index >= 15 is 0 Å². The van der Waals surface area contributed by atoms with E-state index in [0.717, 1.165) is 12.1 Å². The Morgan fingerprint density at radius 1 is 1.13 bits per heavy atom. The number of methoxy groups -OCH3 is 1. The van der Waals surface area contributed by atoms with Crippen molar-refractivity contribution in [2.45, 2.75) is 50.8 Å². The maximum absolute atomic E-state index is 5.42. The van der Waals surface area contributed by atoms with E-state index in [0.29, 0.717) is 6.10 Å². The number of likely N-dealkylation sites (N-methyl/N-ethyl adjacent to an activating group) is 1. The summed E-state index contributed by atoms with van der Waals surface area (Å²) in [7, 11) is 1.85. The van der Waals surface area contributed by atoms with Gasteiger partial charge in [0.15, 0.2) is 0 Å². The summed E-state index contributed by atoms with van der Waals surface area (Å²) in [6.45, 7) is 5.88. The zero-order valence-corrected chi connectivity index (χ0v) is 10.0. The minimum Gasteiger partial charge on any atom is -0.381 e. The molecular weight excluding hydrogens is 188 g/mol. The van der Waals surface area contributed by atoms with Crippen LogP contribution in [0.25, 0.3) is 0 Å². The molecule has 1 aliphatic carbocycles. The minimum atomic E-state index is 0.527. The van der Waals surface area contributed by atoms with Crippen molar-refractivity contribution in [1.29, 1.82) is 0 Å². The van der Waals surface area contributed by atoms with E-state index in [9.17, 15) is 0 Å². The molecule has 2 fully saturated rings. The van der Waals surface area contributed by atoms with Crippen LogP contribution in [0.5, 0.6) is 0 Å². The Balaban J connectivity index is 1.81. The highest BCUT2D eigenvalue weighted by Crippen LogP contribution is 2.26. The number of hydrogen-bond donors (Lipinski definition) is 1. The fourth-order valence-corrected chi connectivity index (χ4v) is 2.94. The Hall–Kier alpha value is -0.120. The van der Waals surface area contributed by atoms with Crippen LogP contribution in [-0.2, 0) is 4.74 Å². The Bertz CT molecular complexity index is 186. The molecule has 0 amide bonds. The maximum atomic E-state index is 5.42. The second-order valence-corrected chi connectivity index (χ2v) is 4.81. The molecule has 88 valence electrons. The fourth-order valence-electron chi connectivity index (χ4n) is 2.94. The molecule has 0 atom stereocenters. The van der Waals surface area contributed by atoms with Crippen LogP contribution in [0.4, 0.5) is 0 Å². The zero-order chi connectivity index (χ0) is 10.7. The van der Waals surface area contributed by atoms with Gasteiger partial charge in [-0.25, -0.2) is 0 Å². The van der Waals surface area contributed by atoms with Gasteiger partial charge in [-0.2, -0.15) is 0 Å². The maximum Gasteiger partial charge on any atom is 0.0572 e. The molecule has 0 aromatic heterocycles. The lowest BCUT2D eigenvalue weighted by atomic mass is 9.90. The van der Waals surface area contributed by atoms with Crippen molar-refractivity contribution in [3.63, 3.8) is 0 Å². The first-order valence-electron chi connectivity index (χ1n) is 6.34. The van der Waals surface area contributed by atoms with Gasteiger partial charge in [-0.05, 0) is 32.2 Å². The molecule has 1 N–H and O–H groups in total. The lowest BCUT2D eigenvalue weighted by Crippen LogP contribution is -2.60. The summed E-state index contributed by atoms with van der Waals surface area (Å²) in [5, 5.41) is 3.37. The van der Waals surface area contributed by atoms with Crippen LogP contribution < -0.4 is 5.32 Å². The molecule has 0 unspecified atom stereocenters. The van der Waals surface area contributed by atoms with Crippen molar-refractivity contribution in [1.82, 2.24) is 10.2 Å². The summed E-state index contributed by atoms with van der Waals surface area (Å²) in [4.78, 5) is 2.70. The first kappa shape index (κ1) is 11.4. The van der Waals surface area contributed by atoms with Crippen LogP contribution in [-0.4, -0.2) is 49.8 Å². The molecule has 2 aliphatic rings. The van der Waals surface area contributed by atoms with Crippen LogP contribution >= 0.6 is 0 Å². The molecule has 2 rings (SSSR count). The molecule has 1 saturated heterocycles. The largest absolute Gasteiger partial charge is 0.381 e. The predicted octanol–water partition coefficient (Wildman–Crippen LogP) is 1.24. The lowest BCUT2D eigenvalue weighted by Gasteiger charge is -2.44. The summed E-state index contributed by atoms with van der Waals surface area (Å²) >= 11 is 0. The number of nitrogens with zero attached hydrogens (tertiary/aromatic N) is 1. The number of ether oxygens (including phenoxy) is 1. The third kappa shape index (κ3) is 2.52. The van der Waals surface area contributed by atoms with E-state index < -0.39 is 0 Å². The second kappa shape index (κ2) is 5.28. The van der Waals surface area contributed by atoms with Gasteiger partial charge in [0, 0.05) is 32.3 Å². The van der Waals surface area contributed by atoms with Gasteiger partial charge in [-0.1, -0.05) is 6.92 Å². The lowest BCUT2D eigenvalue weighted by molar-refractivity contribution is 0.0188. The summed E-state index contributed by atoms with van der Waals surface area (Å²) in [6, 6.07) is 1.62. The Morgan fingerprint density at radius 3 is 2.20 bits per heavy atom. The van der Waals surface area contributed by atoms with Crippen LogP contribution in [0.1, 0.15) is 32.6 Å². The van der Waals surface area contributed by atoms with Crippen molar-refractivity contribution < 1.29 is 4.74 Å². The molecule has 1 heterocycles. The molecule has 0 bridgehead atoms. The summed E-state index contributed by atoms with van der Waals surface area (Å²) in [6.07, 6.45) is 5.67. The van der Waals surface area contributed by atoms with Crippen molar-refractivity contribution >= 4 is 0 Å². The summed E-state index contributed by atoms with van der Waals surface area (Å²) in [5.41, 5.74) is 0. The van der Waals surface area contributed by atoms with Gasteiger partial charge in [0.2, 0.25) is 0 Å². The Kier molecular flexibility index (Phi) is 4.00. The third-order valence-corrected chi connectivity index (χ3v) is 4.04. The highest BCUT2D eigenvalue weighted by atomic mass is 16.5.